The number of benzene rings is 2. The van der Waals surface area contributed by atoms with Crippen LogP contribution in [0.3, 0.4) is 0 Å². The molecule has 0 saturated carbocycles. The fraction of sp³-hybridized carbons (Fsp3) is 0.118. The van der Waals surface area contributed by atoms with Gasteiger partial charge < -0.3 is 5.73 Å². The standard InChI is InChI=1S/C17H14BrN3/c1-10-11(2)21(17(20)14(10)9-19)16-8-7-15(18)12-5-3-4-6-13(12)16/h3-8H,20H2,1-2H3. The van der Waals surface area contributed by atoms with E-state index in [1.807, 2.05) is 42.7 Å². The van der Waals surface area contributed by atoms with Crippen LogP contribution in [0.5, 0.6) is 0 Å². The lowest BCUT2D eigenvalue weighted by Crippen LogP contribution is -2.03. The molecule has 0 bridgehead atoms. The second kappa shape index (κ2) is 4.94. The van der Waals surface area contributed by atoms with E-state index in [-0.39, 0.29) is 0 Å². The van der Waals surface area contributed by atoms with Gasteiger partial charge in [-0.25, -0.2) is 0 Å². The van der Waals surface area contributed by atoms with Crippen molar-refractivity contribution in [3.63, 3.8) is 0 Å². The normalized spacial score (nSPS) is 10.8. The van der Waals surface area contributed by atoms with E-state index in [9.17, 15) is 5.26 Å². The highest BCUT2D eigenvalue weighted by atomic mass is 79.9. The van der Waals surface area contributed by atoms with E-state index < -0.39 is 0 Å². The molecule has 2 aromatic carbocycles. The monoisotopic (exact) mass is 339 g/mol. The van der Waals surface area contributed by atoms with Crippen molar-refractivity contribution in [3.8, 4) is 11.8 Å². The third-order valence-electron chi connectivity index (χ3n) is 3.95. The largest absolute Gasteiger partial charge is 0.384 e. The second-order valence-corrected chi connectivity index (χ2v) is 5.88. The van der Waals surface area contributed by atoms with Gasteiger partial charge >= 0.3 is 0 Å². The minimum Gasteiger partial charge on any atom is -0.384 e. The lowest BCUT2D eigenvalue weighted by Gasteiger charge is -2.13. The van der Waals surface area contributed by atoms with E-state index in [4.69, 9.17) is 5.73 Å². The first-order valence-corrected chi connectivity index (χ1v) is 7.40. The van der Waals surface area contributed by atoms with Gasteiger partial charge in [-0.3, -0.25) is 4.57 Å². The number of rotatable bonds is 1. The number of hydrogen-bond donors (Lipinski definition) is 1. The molecule has 0 aliphatic heterocycles. The Morgan fingerprint density at radius 2 is 1.76 bits per heavy atom. The summed E-state index contributed by atoms with van der Waals surface area (Å²) in [5.74, 6) is 0.500. The molecule has 3 rings (SSSR count). The molecule has 3 aromatic rings. The van der Waals surface area contributed by atoms with Gasteiger partial charge in [-0.2, -0.15) is 5.26 Å². The fourth-order valence-corrected chi connectivity index (χ4v) is 3.20. The molecule has 104 valence electrons. The van der Waals surface area contributed by atoms with Crippen LogP contribution in [-0.4, -0.2) is 4.57 Å². The fourth-order valence-electron chi connectivity index (χ4n) is 2.73. The number of nitriles is 1. The van der Waals surface area contributed by atoms with E-state index in [0.717, 1.165) is 32.2 Å². The van der Waals surface area contributed by atoms with Gasteiger partial charge in [0.2, 0.25) is 0 Å². The first-order valence-electron chi connectivity index (χ1n) is 6.61. The zero-order valence-corrected chi connectivity index (χ0v) is 13.4. The summed E-state index contributed by atoms with van der Waals surface area (Å²) in [5, 5.41) is 11.5. The van der Waals surface area contributed by atoms with Crippen LogP contribution in [0.15, 0.2) is 40.9 Å². The Morgan fingerprint density at radius 3 is 2.38 bits per heavy atom. The predicted octanol–water partition coefficient (Wildman–Crippen LogP) is 4.46. The van der Waals surface area contributed by atoms with Gasteiger partial charge in [-0.05, 0) is 36.9 Å². The summed E-state index contributed by atoms with van der Waals surface area (Å²) in [6, 6.07) is 14.4. The molecule has 0 saturated heterocycles. The number of halogens is 1. The summed E-state index contributed by atoms with van der Waals surface area (Å²) in [6.07, 6.45) is 0. The molecular weight excluding hydrogens is 326 g/mol. The minimum atomic E-state index is 0.500. The van der Waals surface area contributed by atoms with Crippen molar-refractivity contribution >= 4 is 32.5 Å². The average Bonchev–Trinajstić information content (AvgIpc) is 2.70. The Kier molecular flexibility index (Phi) is 3.23. The molecule has 0 spiro atoms. The number of fused-ring (bicyclic) bond motifs is 1. The molecule has 1 heterocycles. The van der Waals surface area contributed by atoms with Crippen molar-refractivity contribution in [2.45, 2.75) is 13.8 Å². The van der Waals surface area contributed by atoms with Crippen LogP contribution in [0.4, 0.5) is 5.82 Å². The summed E-state index contributed by atoms with van der Waals surface area (Å²) >= 11 is 3.58. The van der Waals surface area contributed by atoms with Crippen LogP contribution >= 0.6 is 15.9 Å². The Bertz CT molecular complexity index is 901. The number of nitrogen functional groups attached to an aromatic ring is 1. The van der Waals surface area contributed by atoms with Crippen molar-refractivity contribution in [3.05, 3.63) is 57.7 Å². The average molecular weight is 340 g/mol. The van der Waals surface area contributed by atoms with Gasteiger partial charge in [0.05, 0.1) is 11.3 Å². The zero-order chi connectivity index (χ0) is 15.1. The summed E-state index contributed by atoms with van der Waals surface area (Å²) in [4.78, 5) is 0. The lowest BCUT2D eigenvalue weighted by atomic mass is 10.1. The van der Waals surface area contributed by atoms with Crippen LogP contribution in [0.2, 0.25) is 0 Å². The van der Waals surface area contributed by atoms with Gasteiger partial charge in [-0.15, -0.1) is 0 Å². The Morgan fingerprint density at radius 1 is 1.10 bits per heavy atom. The first-order chi connectivity index (χ1) is 10.1. The molecule has 3 nitrogen and oxygen atoms in total. The predicted molar refractivity (Wildman–Crippen MR) is 89.6 cm³/mol. The number of nitrogens with two attached hydrogens (primary N) is 1. The van der Waals surface area contributed by atoms with Crippen LogP contribution in [0.1, 0.15) is 16.8 Å². The molecule has 0 amide bonds. The Balaban J connectivity index is 2.43. The molecule has 21 heavy (non-hydrogen) atoms. The molecule has 0 aliphatic carbocycles. The van der Waals surface area contributed by atoms with E-state index in [0.29, 0.717) is 11.4 Å². The van der Waals surface area contributed by atoms with Crippen LogP contribution in [-0.2, 0) is 0 Å². The van der Waals surface area contributed by atoms with Crippen molar-refractivity contribution in [2.75, 3.05) is 5.73 Å². The first kappa shape index (κ1) is 13.7. The highest BCUT2D eigenvalue weighted by molar-refractivity contribution is 9.10. The lowest BCUT2D eigenvalue weighted by molar-refractivity contribution is 1.03. The molecule has 0 radical (unpaired) electrons. The van der Waals surface area contributed by atoms with Gasteiger partial charge in [0, 0.05) is 15.6 Å². The highest BCUT2D eigenvalue weighted by Gasteiger charge is 2.18. The summed E-state index contributed by atoms with van der Waals surface area (Å²) in [5.41, 5.74) is 9.68. The zero-order valence-electron chi connectivity index (χ0n) is 11.8. The number of aromatic nitrogens is 1. The molecule has 1 aromatic heterocycles. The molecule has 0 aliphatic rings. The SMILES string of the molecule is Cc1c(C#N)c(N)n(-c2ccc(Br)c3ccccc23)c1C. The van der Waals surface area contributed by atoms with Crippen LogP contribution in [0, 0.1) is 25.2 Å². The quantitative estimate of drug-likeness (QED) is 0.711. The van der Waals surface area contributed by atoms with Crippen molar-refractivity contribution < 1.29 is 0 Å². The molecular formula is C17H14BrN3. The maximum atomic E-state index is 9.29. The maximum Gasteiger partial charge on any atom is 0.126 e. The number of hydrogen-bond acceptors (Lipinski definition) is 2. The van der Waals surface area contributed by atoms with E-state index in [1.165, 1.54) is 0 Å². The molecule has 0 fully saturated rings. The van der Waals surface area contributed by atoms with Gasteiger partial charge in [0.15, 0.2) is 0 Å². The number of anilines is 1. The number of nitrogens with zero attached hydrogens (tertiary/aromatic N) is 2. The minimum absolute atomic E-state index is 0.500. The van der Waals surface area contributed by atoms with Crippen molar-refractivity contribution in [1.29, 1.82) is 5.26 Å². The highest BCUT2D eigenvalue weighted by Crippen LogP contribution is 2.34. The van der Waals surface area contributed by atoms with E-state index >= 15 is 0 Å². The topological polar surface area (TPSA) is 54.7 Å². The summed E-state index contributed by atoms with van der Waals surface area (Å²) in [7, 11) is 0. The Labute approximate surface area is 131 Å². The van der Waals surface area contributed by atoms with E-state index in [1.54, 1.807) is 0 Å². The molecule has 0 atom stereocenters. The van der Waals surface area contributed by atoms with Gasteiger partial charge in [0.25, 0.3) is 0 Å². The molecule has 0 unspecified atom stereocenters. The second-order valence-electron chi connectivity index (χ2n) is 5.03. The van der Waals surface area contributed by atoms with Gasteiger partial charge in [0.1, 0.15) is 11.9 Å². The third-order valence-corrected chi connectivity index (χ3v) is 4.64. The van der Waals surface area contributed by atoms with Gasteiger partial charge in [-0.1, -0.05) is 40.2 Å². The third kappa shape index (κ3) is 1.93. The van der Waals surface area contributed by atoms with Crippen molar-refractivity contribution in [2.24, 2.45) is 0 Å². The maximum absolute atomic E-state index is 9.29. The van der Waals surface area contributed by atoms with E-state index in [2.05, 4.69) is 34.1 Å². The molecule has 2 N–H and O–H groups in total. The smallest absolute Gasteiger partial charge is 0.126 e. The van der Waals surface area contributed by atoms with Crippen LogP contribution < -0.4 is 5.73 Å². The molecule has 4 heteroatoms. The van der Waals surface area contributed by atoms with Crippen LogP contribution in [0.25, 0.3) is 16.5 Å². The summed E-state index contributed by atoms with van der Waals surface area (Å²) in [6.45, 7) is 3.92. The Hall–Kier alpha value is -2.25. The summed E-state index contributed by atoms with van der Waals surface area (Å²) < 4.78 is 3.00. The van der Waals surface area contributed by atoms with Crippen molar-refractivity contribution in [1.82, 2.24) is 4.57 Å².